The first-order chi connectivity index (χ1) is 9.23. The van der Waals surface area contributed by atoms with E-state index in [-0.39, 0.29) is 14.8 Å². The monoisotopic (exact) mass is 350 g/mol. The Bertz CT molecular complexity index is 844. The molecule has 0 amide bonds. The highest BCUT2D eigenvalue weighted by molar-refractivity contribution is 8.13. The minimum absolute atomic E-state index is 0.0558. The molecule has 4 nitrogen and oxygen atoms in total. The Kier molecular flexibility index (Phi) is 4.11. The second kappa shape index (κ2) is 5.37. The first-order valence-corrected chi connectivity index (χ1v) is 9.44. The molecule has 0 bridgehead atoms. The summed E-state index contributed by atoms with van der Waals surface area (Å²) in [5.74, 6) is 0. The van der Waals surface area contributed by atoms with E-state index >= 15 is 0 Å². The van der Waals surface area contributed by atoms with E-state index in [4.69, 9.17) is 22.3 Å². The van der Waals surface area contributed by atoms with Gasteiger partial charge in [-0.15, -0.1) is 0 Å². The minimum Gasteiger partial charge on any atom is -0.219 e. The van der Waals surface area contributed by atoms with Gasteiger partial charge in [-0.2, -0.15) is 0 Å². The van der Waals surface area contributed by atoms with Gasteiger partial charge in [-0.05, 0) is 30.3 Å². The summed E-state index contributed by atoms with van der Waals surface area (Å²) in [6.07, 6.45) is 0. The molecule has 2 aromatic carbocycles. The lowest BCUT2D eigenvalue weighted by molar-refractivity contribution is 0.595. The molecule has 0 aliphatic rings. The molecule has 106 valence electrons. The van der Waals surface area contributed by atoms with Crippen molar-refractivity contribution in [3.8, 4) is 0 Å². The van der Waals surface area contributed by atoms with Crippen molar-refractivity contribution in [1.82, 2.24) is 0 Å². The highest BCUT2D eigenvalue weighted by Gasteiger charge is 2.22. The van der Waals surface area contributed by atoms with Gasteiger partial charge in [0.15, 0.2) is 0 Å². The molecule has 0 aromatic heterocycles. The second-order valence-corrected chi connectivity index (χ2v) is 8.74. The van der Waals surface area contributed by atoms with Gasteiger partial charge in [-0.25, -0.2) is 16.8 Å². The smallest absolute Gasteiger partial charge is 0.219 e. The first kappa shape index (κ1) is 15.3. The molecule has 0 N–H and O–H groups in total. The van der Waals surface area contributed by atoms with Crippen molar-refractivity contribution in [1.29, 1.82) is 0 Å². The van der Waals surface area contributed by atoms with Crippen molar-refractivity contribution < 1.29 is 16.8 Å². The summed E-state index contributed by atoms with van der Waals surface area (Å²) in [5.41, 5.74) is 0. The van der Waals surface area contributed by atoms with E-state index in [0.717, 1.165) is 6.07 Å². The maximum atomic E-state index is 12.3. The lowest BCUT2D eigenvalue weighted by atomic mass is 10.4. The second-order valence-electron chi connectivity index (χ2n) is 3.85. The quantitative estimate of drug-likeness (QED) is 0.797. The van der Waals surface area contributed by atoms with Crippen LogP contribution in [-0.4, -0.2) is 16.8 Å². The molecule has 8 heteroatoms. The number of hydrogen-bond acceptors (Lipinski definition) is 4. The van der Waals surface area contributed by atoms with Gasteiger partial charge in [0.2, 0.25) is 9.84 Å². The standard InChI is InChI=1S/C12H8Cl2O4S2/c13-11-7-6-10(8-12(11)20(14,17)18)19(15,16)9-4-2-1-3-5-9/h1-8H. The number of rotatable bonds is 3. The number of hydrogen-bond donors (Lipinski definition) is 0. The van der Waals surface area contributed by atoms with Crippen LogP contribution in [0.4, 0.5) is 0 Å². The van der Waals surface area contributed by atoms with Crippen molar-refractivity contribution in [2.24, 2.45) is 0 Å². The first-order valence-electron chi connectivity index (χ1n) is 5.27. The van der Waals surface area contributed by atoms with Gasteiger partial charge in [0, 0.05) is 10.7 Å². The number of halogens is 2. The maximum absolute atomic E-state index is 12.3. The molecule has 0 saturated heterocycles. The van der Waals surface area contributed by atoms with E-state index in [0.29, 0.717) is 0 Å². The molecule has 0 saturated carbocycles. The van der Waals surface area contributed by atoms with Gasteiger partial charge in [0.25, 0.3) is 9.05 Å². The highest BCUT2D eigenvalue weighted by Crippen LogP contribution is 2.29. The summed E-state index contributed by atoms with van der Waals surface area (Å²) in [7, 11) is -2.72. The van der Waals surface area contributed by atoms with Gasteiger partial charge in [0.1, 0.15) is 4.90 Å². The molecule has 0 spiro atoms. The van der Waals surface area contributed by atoms with E-state index in [1.807, 2.05) is 0 Å². The Morgan fingerprint density at radius 1 is 0.800 bits per heavy atom. The van der Waals surface area contributed by atoms with Crippen LogP contribution >= 0.6 is 22.3 Å². The van der Waals surface area contributed by atoms with E-state index in [2.05, 4.69) is 0 Å². The van der Waals surface area contributed by atoms with Crippen LogP contribution in [0.3, 0.4) is 0 Å². The molecule has 2 rings (SSSR count). The van der Waals surface area contributed by atoms with Crippen LogP contribution in [0.2, 0.25) is 5.02 Å². The summed E-state index contributed by atoms with van der Waals surface area (Å²) in [6.45, 7) is 0. The zero-order valence-corrected chi connectivity index (χ0v) is 13.0. The van der Waals surface area contributed by atoms with Crippen LogP contribution in [0, 0.1) is 0 Å². The van der Waals surface area contributed by atoms with Crippen LogP contribution in [0.15, 0.2) is 63.2 Å². The fourth-order valence-corrected chi connectivity index (χ4v) is 4.45. The average molecular weight is 351 g/mol. The van der Waals surface area contributed by atoms with Crippen molar-refractivity contribution in [3.63, 3.8) is 0 Å². The zero-order chi connectivity index (χ0) is 15.0. The van der Waals surface area contributed by atoms with Crippen LogP contribution in [0.25, 0.3) is 0 Å². The topological polar surface area (TPSA) is 68.3 Å². The van der Waals surface area contributed by atoms with Crippen molar-refractivity contribution >= 4 is 41.2 Å². The molecule has 0 fully saturated rings. The molecule has 0 aliphatic carbocycles. The van der Waals surface area contributed by atoms with Gasteiger partial charge in [-0.1, -0.05) is 29.8 Å². The molecule has 0 unspecified atom stereocenters. The summed E-state index contributed by atoms with van der Waals surface area (Å²) in [6, 6.07) is 11.0. The molecule has 0 heterocycles. The van der Waals surface area contributed by atoms with Gasteiger partial charge in [-0.3, -0.25) is 0 Å². The largest absolute Gasteiger partial charge is 0.262 e. The summed E-state index contributed by atoms with van der Waals surface area (Å²) < 4.78 is 47.4. The fourth-order valence-electron chi connectivity index (χ4n) is 1.57. The Hall–Kier alpha value is -1.08. The zero-order valence-electron chi connectivity index (χ0n) is 9.82. The summed E-state index contributed by atoms with van der Waals surface area (Å²) >= 11 is 5.72. The van der Waals surface area contributed by atoms with E-state index < -0.39 is 23.8 Å². The van der Waals surface area contributed by atoms with Gasteiger partial charge >= 0.3 is 0 Å². The number of sulfone groups is 1. The highest BCUT2D eigenvalue weighted by atomic mass is 35.7. The third-order valence-electron chi connectivity index (χ3n) is 2.53. The van der Waals surface area contributed by atoms with Crippen molar-refractivity contribution in [2.75, 3.05) is 0 Å². The molecule has 0 aliphatic heterocycles. The Morgan fingerprint density at radius 3 is 1.95 bits per heavy atom. The third-order valence-corrected chi connectivity index (χ3v) is 6.10. The van der Waals surface area contributed by atoms with Crippen LogP contribution in [-0.2, 0) is 18.9 Å². The average Bonchev–Trinajstić information content (AvgIpc) is 2.38. The van der Waals surface area contributed by atoms with Crippen molar-refractivity contribution in [3.05, 3.63) is 53.6 Å². The lowest BCUT2D eigenvalue weighted by Gasteiger charge is -2.07. The SMILES string of the molecule is O=S(=O)(Cl)c1cc(S(=O)(=O)c2ccccc2)ccc1Cl. The van der Waals surface area contributed by atoms with Crippen LogP contribution in [0.1, 0.15) is 0 Å². The molecular weight excluding hydrogens is 343 g/mol. The predicted octanol–water partition coefficient (Wildman–Crippen LogP) is 3.10. The Balaban J connectivity index is 2.66. The fraction of sp³-hybridized carbons (Fsp3) is 0. The molecule has 0 atom stereocenters. The van der Waals surface area contributed by atoms with E-state index in [1.54, 1.807) is 18.2 Å². The summed E-state index contributed by atoms with van der Waals surface area (Å²) in [5, 5.41) is -0.132. The minimum atomic E-state index is -4.12. The third kappa shape index (κ3) is 2.98. The lowest BCUT2D eigenvalue weighted by Crippen LogP contribution is -2.03. The summed E-state index contributed by atoms with van der Waals surface area (Å²) in [4.78, 5) is -0.564. The molecule has 2 aromatic rings. The molecule has 0 radical (unpaired) electrons. The van der Waals surface area contributed by atoms with Crippen molar-refractivity contribution in [2.45, 2.75) is 14.7 Å². The van der Waals surface area contributed by atoms with Crippen LogP contribution < -0.4 is 0 Å². The van der Waals surface area contributed by atoms with Gasteiger partial charge < -0.3 is 0 Å². The maximum Gasteiger partial charge on any atom is 0.262 e. The van der Waals surface area contributed by atoms with Crippen LogP contribution in [0.5, 0.6) is 0 Å². The normalized spacial score (nSPS) is 12.3. The van der Waals surface area contributed by atoms with Gasteiger partial charge in [0.05, 0.1) is 14.8 Å². The Morgan fingerprint density at radius 2 is 1.40 bits per heavy atom. The molecule has 20 heavy (non-hydrogen) atoms. The Labute approximate surface area is 126 Å². The number of benzene rings is 2. The molecular formula is C12H8Cl2O4S2. The van der Waals surface area contributed by atoms with E-state index in [9.17, 15) is 16.8 Å². The predicted molar refractivity (Wildman–Crippen MR) is 76.4 cm³/mol. The van der Waals surface area contributed by atoms with E-state index in [1.165, 1.54) is 24.3 Å².